The zero-order chi connectivity index (χ0) is 8.81. The van der Waals surface area contributed by atoms with Gasteiger partial charge in [0.05, 0.1) is 0 Å². The second-order valence-electron chi connectivity index (χ2n) is 4.12. The van der Waals surface area contributed by atoms with E-state index in [0.29, 0.717) is 0 Å². The minimum Gasteiger partial charge on any atom is -0.120 e. The molecule has 0 bridgehead atoms. The molecule has 12 heavy (non-hydrogen) atoms. The highest BCUT2D eigenvalue weighted by molar-refractivity contribution is 4.85. The molecule has 0 aliphatic heterocycles. The van der Waals surface area contributed by atoms with Crippen molar-refractivity contribution in [2.45, 2.75) is 51.9 Å². The predicted molar refractivity (Wildman–Crippen MR) is 53.8 cm³/mol. The van der Waals surface area contributed by atoms with E-state index in [2.05, 4.69) is 12.8 Å². The van der Waals surface area contributed by atoms with Crippen molar-refractivity contribution >= 4 is 0 Å². The van der Waals surface area contributed by atoms with Crippen LogP contribution >= 0.6 is 0 Å². The normalized spacial score (nSPS) is 30.7. The average molecular weight is 164 g/mol. The van der Waals surface area contributed by atoms with Crippen molar-refractivity contribution in [1.29, 1.82) is 0 Å². The van der Waals surface area contributed by atoms with E-state index in [1.54, 1.807) is 0 Å². The topological polar surface area (TPSA) is 0 Å². The molecule has 1 saturated carbocycles. The van der Waals surface area contributed by atoms with Crippen molar-refractivity contribution in [2.75, 3.05) is 0 Å². The summed E-state index contributed by atoms with van der Waals surface area (Å²) in [7, 11) is 0. The Labute approximate surface area is 76.7 Å². The molecule has 1 rings (SSSR count). The average Bonchev–Trinajstić information content (AvgIpc) is 2.27. The van der Waals surface area contributed by atoms with Crippen molar-refractivity contribution in [3.63, 3.8) is 0 Å². The molecule has 0 aromatic carbocycles. The SMILES string of the molecule is C#CCCC1CCCCCC1C. The van der Waals surface area contributed by atoms with Crippen LogP contribution in [0.15, 0.2) is 0 Å². The summed E-state index contributed by atoms with van der Waals surface area (Å²) in [4.78, 5) is 0. The number of hydrogen-bond donors (Lipinski definition) is 0. The van der Waals surface area contributed by atoms with Gasteiger partial charge in [-0.05, 0) is 18.3 Å². The van der Waals surface area contributed by atoms with Crippen LogP contribution in [0, 0.1) is 24.2 Å². The lowest BCUT2D eigenvalue weighted by atomic mass is 9.86. The van der Waals surface area contributed by atoms with Crippen molar-refractivity contribution < 1.29 is 0 Å². The summed E-state index contributed by atoms with van der Waals surface area (Å²) in [6.07, 6.45) is 14.7. The van der Waals surface area contributed by atoms with Gasteiger partial charge in [-0.15, -0.1) is 12.3 Å². The maximum Gasteiger partial charge on any atom is 0.00887 e. The lowest BCUT2D eigenvalue weighted by molar-refractivity contribution is 0.321. The van der Waals surface area contributed by atoms with E-state index in [1.807, 2.05) is 0 Å². The molecule has 0 saturated heterocycles. The Kier molecular flexibility index (Phi) is 4.22. The van der Waals surface area contributed by atoms with Gasteiger partial charge in [-0.2, -0.15) is 0 Å². The van der Waals surface area contributed by atoms with Crippen molar-refractivity contribution in [2.24, 2.45) is 11.8 Å². The number of terminal acetylenes is 1. The van der Waals surface area contributed by atoms with Crippen LogP contribution in [0.1, 0.15) is 51.9 Å². The summed E-state index contributed by atoms with van der Waals surface area (Å²) in [5.74, 6) is 4.59. The molecule has 0 N–H and O–H groups in total. The zero-order valence-electron chi connectivity index (χ0n) is 8.18. The molecule has 1 aliphatic rings. The Balaban J connectivity index is 2.32. The summed E-state index contributed by atoms with van der Waals surface area (Å²) in [5.41, 5.74) is 0. The van der Waals surface area contributed by atoms with Gasteiger partial charge in [0, 0.05) is 6.42 Å². The largest absolute Gasteiger partial charge is 0.120 e. The van der Waals surface area contributed by atoms with E-state index in [-0.39, 0.29) is 0 Å². The van der Waals surface area contributed by atoms with Crippen molar-refractivity contribution in [3.05, 3.63) is 0 Å². The Morgan fingerprint density at radius 2 is 2.00 bits per heavy atom. The van der Waals surface area contributed by atoms with Gasteiger partial charge in [-0.25, -0.2) is 0 Å². The highest BCUT2D eigenvalue weighted by Gasteiger charge is 2.18. The van der Waals surface area contributed by atoms with Gasteiger partial charge in [0.2, 0.25) is 0 Å². The Bertz CT molecular complexity index is 152. The summed E-state index contributed by atoms with van der Waals surface area (Å²) >= 11 is 0. The smallest absolute Gasteiger partial charge is 0.00887 e. The Morgan fingerprint density at radius 3 is 2.75 bits per heavy atom. The molecule has 0 aromatic heterocycles. The molecule has 1 aliphatic carbocycles. The maximum absolute atomic E-state index is 5.28. The molecule has 0 aromatic rings. The summed E-state index contributed by atoms with van der Waals surface area (Å²) < 4.78 is 0. The van der Waals surface area contributed by atoms with Crippen LogP contribution in [0.5, 0.6) is 0 Å². The fraction of sp³-hybridized carbons (Fsp3) is 0.833. The molecule has 0 radical (unpaired) electrons. The van der Waals surface area contributed by atoms with E-state index < -0.39 is 0 Å². The number of hydrogen-bond acceptors (Lipinski definition) is 0. The minimum atomic E-state index is 0.917. The molecule has 1 fully saturated rings. The third-order valence-corrected chi connectivity index (χ3v) is 3.20. The molecular formula is C12H20. The monoisotopic (exact) mass is 164 g/mol. The molecule has 0 spiro atoms. The number of rotatable bonds is 2. The van der Waals surface area contributed by atoms with Gasteiger partial charge in [-0.1, -0.05) is 39.0 Å². The first-order valence-corrected chi connectivity index (χ1v) is 5.28. The third-order valence-electron chi connectivity index (χ3n) is 3.20. The van der Waals surface area contributed by atoms with Gasteiger partial charge in [0.25, 0.3) is 0 Å². The maximum atomic E-state index is 5.28. The lowest BCUT2D eigenvalue weighted by Gasteiger charge is -2.19. The van der Waals surface area contributed by atoms with Crippen LogP contribution in [0.25, 0.3) is 0 Å². The lowest BCUT2D eigenvalue weighted by Crippen LogP contribution is -2.09. The highest BCUT2D eigenvalue weighted by atomic mass is 14.2. The summed E-state index contributed by atoms with van der Waals surface area (Å²) in [6, 6.07) is 0. The van der Waals surface area contributed by atoms with E-state index in [9.17, 15) is 0 Å². The van der Waals surface area contributed by atoms with E-state index in [0.717, 1.165) is 18.3 Å². The quantitative estimate of drug-likeness (QED) is 0.432. The van der Waals surface area contributed by atoms with Crippen molar-refractivity contribution in [1.82, 2.24) is 0 Å². The van der Waals surface area contributed by atoms with Crippen molar-refractivity contribution in [3.8, 4) is 12.3 Å². The predicted octanol–water partition coefficient (Wildman–Crippen LogP) is 3.62. The van der Waals surface area contributed by atoms with Gasteiger partial charge in [0.1, 0.15) is 0 Å². The molecule has 0 heteroatoms. The standard InChI is InChI=1S/C12H20/c1-3-4-9-12-10-7-5-6-8-11(12)2/h1,11-12H,4-10H2,2H3. The molecule has 2 atom stereocenters. The third kappa shape index (κ3) is 2.89. The summed E-state index contributed by atoms with van der Waals surface area (Å²) in [5, 5.41) is 0. The van der Waals surface area contributed by atoms with Gasteiger partial charge < -0.3 is 0 Å². The van der Waals surface area contributed by atoms with E-state index in [1.165, 1.54) is 38.5 Å². The van der Waals surface area contributed by atoms with Gasteiger partial charge >= 0.3 is 0 Å². The van der Waals surface area contributed by atoms with E-state index in [4.69, 9.17) is 6.42 Å². The van der Waals surface area contributed by atoms with Gasteiger partial charge in [-0.3, -0.25) is 0 Å². The Hall–Kier alpha value is -0.440. The van der Waals surface area contributed by atoms with E-state index >= 15 is 0 Å². The fourth-order valence-corrected chi connectivity index (χ4v) is 2.27. The molecule has 0 heterocycles. The van der Waals surface area contributed by atoms with Crippen LogP contribution in [0.4, 0.5) is 0 Å². The fourth-order valence-electron chi connectivity index (χ4n) is 2.27. The highest BCUT2D eigenvalue weighted by Crippen LogP contribution is 2.31. The van der Waals surface area contributed by atoms with Crippen LogP contribution in [-0.4, -0.2) is 0 Å². The zero-order valence-corrected chi connectivity index (χ0v) is 8.18. The van der Waals surface area contributed by atoms with Crippen LogP contribution < -0.4 is 0 Å². The van der Waals surface area contributed by atoms with Crippen LogP contribution in [0.2, 0.25) is 0 Å². The molecule has 0 nitrogen and oxygen atoms in total. The second kappa shape index (κ2) is 5.25. The minimum absolute atomic E-state index is 0.917. The first-order chi connectivity index (χ1) is 5.84. The molecule has 2 unspecified atom stereocenters. The van der Waals surface area contributed by atoms with Crippen LogP contribution in [0.3, 0.4) is 0 Å². The molecule has 0 amide bonds. The first-order valence-electron chi connectivity index (χ1n) is 5.28. The van der Waals surface area contributed by atoms with Crippen LogP contribution in [-0.2, 0) is 0 Å². The molecular weight excluding hydrogens is 144 g/mol. The summed E-state index contributed by atoms with van der Waals surface area (Å²) in [6.45, 7) is 2.40. The second-order valence-corrected chi connectivity index (χ2v) is 4.12. The Morgan fingerprint density at radius 1 is 1.25 bits per heavy atom. The molecule has 68 valence electrons. The first kappa shape index (κ1) is 9.65. The van der Waals surface area contributed by atoms with Gasteiger partial charge in [0.15, 0.2) is 0 Å².